The van der Waals surface area contributed by atoms with Crippen LogP contribution in [0.15, 0.2) is 47.6 Å². The summed E-state index contributed by atoms with van der Waals surface area (Å²) in [4.78, 5) is 72.2. The molecule has 0 aromatic rings. The number of allylic oxidation sites excluding steroid dienone is 6. The van der Waals surface area contributed by atoms with Gasteiger partial charge in [-0.1, -0.05) is 78.0 Å². The van der Waals surface area contributed by atoms with Crippen LogP contribution in [-0.2, 0) is 47.7 Å². The van der Waals surface area contributed by atoms with Crippen molar-refractivity contribution in [2.45, 2.75) is 187 Å². The first-order valence-corrected chi connectivity index (χ1v) is 25.0. The van der Waals surface area contributed by atoms with Crippen molar-refractivity contribution in [2.24, 2.45) is 35.5 Å². The highest BCUT2D eigenvalue weighted by Crippen LogP contribution is 2.38. The van der Waals surface area contributed by atoms with Crippen LogP contribution >= 0.6 is 0 Å². The number of aliphatic hydroxyl groups is 2. The Kier molecular flexibility index (Phi) is 22.3. The van der Waals surface area contributed by atoms with E-state index in [4.69, 9.17) is 23.7 Å². The van der Waals surface area contributed by atoms with Crippen molar-refractivity contribution in [3.05, 3.63) is 47.6 Å². The summed E-state index contributed by atoms with van der Waals surface area (Å²) in [5.41, 5.74) is 1.29. The fraction of sp³-hybridized carbons (Fsp3) is 0.755. The number of cyclic esters (lactones) is 1. The van der Waals surface area contributed by atoms with Crippen LogP contribution in [0.4, 0.5) is 0 Å². The Hall–Kier alpha value is -3.37. The van der Waals surface area contributed by atoms with Gasteiger partial charge in [-0.3, -0.25) is 19.2 Å². The average Bonchev–Trinajstić information content (AvgIpc) is 3.30. The number of amides is 1. The Bertz CT molecular complexity index is 1790. The molecule has 4 aliphatic rings. The summed E-state index contributed by atoms with van der Waals surface area (Å²) in [6.07, 6.45) is 13.3. The van der Waals surface area contributed by atoms with Crippen molar-refractivity contribution < 1.29 is 57.9 Å². The van der Waals surface area contributed by atoms with Crippen molar-refractivity contribution in [2.75, 3.05) is 34.4 Å². The predicted molar refractivity (Wildman–Crippen MR) is 257 cm³/mol. The maximum atomic E-state index is 14.5. The third-order valence-electron chi connectivity index (χ3n) is 15.0. The molecule has 0 aromatic heterocycles. The van der Waals surface area contributed by atoms with Gasteiger partial charge in [0.25, 0.3) is 11.7 Å². The number of likely N-dealkylation sites (N-methyl/N-ethyl adjacent to an activating group) is 1. The van der Waals surface area contributed by atoms with Crippen LogP contribution < -0.4 is 5.32 Å². The first-order chi connectivity index (χ1) is 31.8. The molecule has 4 rings (SSSR count). The summed E-state index contributed by atoms with van der Waals surface area (Å²) < 4.78 is 29.8. The van der Waals surface area contributed by atoms with E-state index in [9.17, 15) is 34.2 Å². The average molecular weight is 941 g/mol. The van der Waals surface area contributed by atoms with E-state index in [1.807, 2.05) is 58.1 Å². The van der Waals surface area contributed by atoms with Gasteiger partial charge in [0.2, 0.25) is 5.79 Å². The fourth-order valence-corrected chi connectivity index (χ4v) is 10.6. The molecule has 378 valence electrons. The van der Waals surface area contributed by atoms with E-state index in [1.165, 1.54) is 12.0 Å². The standard InChI is InChI=1S/C53H84N2O12/c1-12-54-41-24-22-39(29-46(41)64-10)28-35(5)45-31-43(56)34(4)27-37(7)48(58)49(65-11)47(57)36(6)26-32(2)18-14-13-15-19-33(3)44(63-9)30-40-23-21-38(8)53(62,67-40)50(59)51(60)55-25-17-16-20-42(55)52(61)66-45/h13-15,18-19,27,32,34-36,38-42,44-46,48-49,54,58,62H,12,16-17,20-26,28-31H2,1-11H3/b15-13+,18-14+,33-19+,37-27+/t32-,34-,35-,36-,38-,39+,40+,41-,42+,44+,45?,46-,48-,49+,53-/m1/s1. The molecule has 0 radical (unpaired) electrons. The lowest BCUT2D eigenvalue weighted by Crippen LogP contribution is -2.61. The van der Waals surface area contributed by atoms with Gasteiger partial charge in [-0.05, 0) is 114 Å². The Morgan fingerprint density at radius 3 is 2.28 bits per heavy atom. The van der Waals surface area contributed by atoms with Crippen LogP contribution in [0.2, 0.25) is 0 Å². The number of methoxy groups -OCH3 is 3. The summed E-state index contributed by atoms with van der Waals surface area (Å²) in [7, 11) is 4.70. The number of nitrogens with zero attached hydrogens (tertiary/aromatic N) is 1. The van der Waals surface area contributed by atoms with Crippen LogP contribution in [0.25, 0.3) is 0 Å². The zero-order valence-corrected chi connectivity index (χ0v) is 42.4. The number of Topliss-reactive ketones (excluding diaryl/α,β-unsaturated/α-hetero) is 3. The molecule has 2 bridgehead atoms. The Labute approximate surface area is 400 Å². The first kappa shape index (κ1) is 56.2. The van der Waals surface area contributed by atoms with Crippen molar-refractivity contribution in [3.8, 4) is 0 Å². The van der Waals surface area contributed by atoms with Crippen LogP contribution in [-0.4, -0.2) is 133 Å². The second kappa shape index (κ2) is 26.6. The minimum absolute atomic E-state index is 0.00877. The van der Waals surface area contributed by atoms with Gasteiger partial charge in [-0.2, -0.15) is 0 Å². The van der Waals surface area contributed by atoms with E-state index in [1.54, 1.807) is 41.1 Å². The summed E-state index contributed by atoms with van der Waals surface area (Å²) in [6.45, 7) is 15.8. The van der Waals surface area contributed by atoms with Crippen LogP contribution in [0.1, 0.15) is 132 Å². The number of rotatable bonds is 8. The number of aliphatic hydroxyl groups excluding tert-OH is 1. The van der Waals surface area contributed by atoms with Gasteiger partial charge in [0.1, 0.15) is 30.1 Å². The molecule has 1 aliphatic carbocycles. The first-order valence-electron chi connectivity index (χ1n) is 25.0. The topological polar surface area (TPSA) is 187 Å². The number of carbonyl (C=O) groups is 5. The van der Waals surface area contributed by atoms with Crippen molar-refractivity contribution in [1.29, 1.82) is 0 Å². The third kappa shape index (κ3) is 15.1. The molecule has 3 N–H and O–H groups in total. The van der Waals surface area contributed by atoms with Gasteiger partial charge in [-0.15, -0.1) is 0 Å². The number of hydrogen-bond donors (Lipinski definition) is 3. The molecule has 15 atom stereocenters. The molecule has 3 aliphatic heterocycles. The van der Waals surface area contributed by atoms with Crippen LogP contribution in [0.3, 0.4) is 0 Å². The van der Waals surface area contributed by atoms with E-state index >= 15 is 0 Å². The lowest BCUT2D eigenvalue weighted by molar-refractivity contribution is -0.265. The smallest absolute Gasteiger partial charge is 0.329 e. The molecular formula is C53H84N2O12. The SMILES string of the molecule is CCN[C@@H]1CC[C@@H](C[C@@H](C)C2CC(=O)[C@H](C)/C=C(\C)[C@@H](O)[C@@H](OC)C(=O)[C@H](C)C[C@H](C)/C=C/C=C/C=C(\C)[C@@H](OC)C[C@@H]3CC[C@@H](C)[C@@](O)(O3)C(=O)C(=O)N3CCCC[C@H]3C(=O)O2)C[C@H]1OC. The molecule has 14 heteroatoms. The van der Waals surface area contributed by atoms with Gasteiger partial charge in [0.05, 0.1) is 18.3 Å². The predicted octanol–water partition coefficient (Wildman–Crippen LogP) is 6.80. The molecule has 1 amide bonds. The second-order valence-corrected chi connectivity index (χ2v) is 20.2. The number of nitrogens with one attached hydrogen (secondary N) is 1. The van der Waals surface area contributed by atoms with E-state index in [-0.39, 0.29) is 60.9 Å². The molecular weight excluding hydrogens is 857 g/mol. The quantitative estimate of drug-likeness (QED) is 0.131. The highest BCUT2D eigenvalue weighted by Gasteiger charge is 2.53. The molecule has 14 nitrogen and oxygen atoms in total. The monoisotopic (exact) mass is 941 g/mol. The van der Waals surface area contributed by atoms with Crippen LogP contribution in [0.5, 0.6) is 0 Å². The lowest BCUT2D eigenvalue weighted by Gasteiger charge is -2.42. The molecule has 0 aromatic carbocycles. The normalized spacial score (nSPS) is 39.6. The zero-order valence-electron chi connectivity index (χ0n) is 42.4. The van der Waals surface area contributed by atoms with Crippen molar-refractivity contribution in [1.82, 2.24) is 10.2 Å². The Morgan fingerprint density at radius 1 is 0.881 bits per heavy atom. The maximum Gasteiger partial charge on any atom is 0.329 e. The minimum atomic E-state index is -2.42. The molecule has 0 spiro atoms. The number of fused-ring (bicyclic) bond motifs is 3. The number of hydrogen-bond acceptors (Lipinski definition) is 13. The van der Waals surface area contributed by atoms with E-state index in [0.717, 1.165) is 31.4 Å². The summed E-state index contributed by atoms with van der Waals surface area (Å²) in [6, 6.07) is -0.885. The van der Waals surface area contributed by atoms with Crippen molar-refractivity contribution in [3.63, 3.8) is 0 Å². The molecule has 67 heavy (non-hydrogen) atoms. The number of esters is 1. The van der Waals surface area contributed by atoms with Gasteiger partial charge in [0, 0.05) is 64.5 Å². The van der Waals surface area contributed by atoms with E-state index in [0.29, 0.717) is 50.5 Å². The number of carbonyl (C=O) groups excluding carboxylic acids is 5. The van der Waals surface area contributed by atoms with Crippen LogP contribution in [0, 0.1) is 35.5 Å². The molecule has 3 heterocycles. The number of ketones is 3. The molecule has 3 fully saturated rings. The molecule has 2 saturated heterocycles. The highest BCUT2D eigenvalue weighted by molar-refractivity contribution is 6.39. The van der Waals surface area contributed by atoms with Gasteiger partial charge < -0.3 is 44.1 Å². The largest absolute Gasteiger partial charge is 0.460 e. The zero-order chi connectivity index (χ0) is 49.6. The third-order valence-corrected chi connectivity index (χ3v) is 15.0. The Balaban J connectivity index is 1.70. The molecule has 1 unspecified atom stereocenters. The summed E-state index contributed by atoms with van der Waals surface area (Å²) >= 11 is 0. The highest BCUT2D eigenvalue weighted by atomic mass is 16.6. The van der Waals surface area contributed by atoms with E-state index < -0.39 is 77.8 Å². The van der Waals surface area contributed by atoms with Gasteiger partial charge in [0.15, 0.2) is 5.78 Å². The molecule has 1 saturated carbocycles. The fourth-order valence-electron chi connectivity index (χ4n) is 10.6. The summed E-state index contributed by atoms with van der Waals surface area (Å²) in [5, 5.41) is 27.0. The summed E-state index contributed by atoms with van der Waals surface area (Å²) in [5.74, 6) is -7.59. The number of piperidine rings is 1. The van der Waals surface area contributed by atoms with Crippen molar-refractivity contribution >= 4 is 29.2 Å². The Morgan fingerprint density at radius 2 is 1.61 bits per heavy atom. The second-order valence-electron chi connectivity index (χ2n) is 20.2. The number of ether oxygens (including phenoxy) is 5. The minimum Gasteiger partial charge on any atom is -0.460 e. The van der Waals surface area contributed by atoms with Gasteiger partial charge in [-0.25, -0.2) is 4.79 Å². The van der Waals surface area contributed by atoms with E-state index in [2.05, 4.69) is 12.2 Å². The maximum absolute atomic E-state index is 14.5. The van der Waals surface area contributed by atoms with Gasteiger partial charge >= 0.3 is 5.97 Å². The lowest BCUT2D eigenvalue weighted by atomic mass is 9.77.